The molecule has 0 amide bonds. The summed E-state index contributed by atoms with van der Waals surface area (Å²) in [6, 6.07) is 5.95. The molecule has 0 fully saturated rings. The van der Waals surface area contributed by atoms with Gasteiger partial charge in [0.1, 0.15) is 11.6 Å². The van der Waals surface area contributed by atoms with Crippen molar-refractivity contribution in [2.75, 3.05) is 0 Å². The van der Waals surface area contributed by atoms with Crippen molar-refractivity contribution in [1.29, 1.82) is 0 Å². The van der Waals surface area contributed by atoms with E-state index in [1.165, 1.54) is 18.2 Å². The first-order chi connectivity index (χ1) is 8.60. The van der Waals surface area contributed by atoms with Crippen molar-refractivity contribution in [2.45, 2.75) is 26.7 Å². The first-order valence-corrected chi connectivity index (χ1v) is 5.97. The van der Waals surface area contributed by atoms with Gasteiger partial charge in [0.25, 0.3) is 5.56 Å². The number of halogens is 1. The van der Waals surface area contributed by atoms with E-state index in [2.05, 4.69) is 9.97 Å². The standard InChI is InChI=1S/C14H15FN2O/c1-3-4-11-8-13(18)17-14(16-11)12-6-5-10(15)7-9(12)2/h5-8H,3-4H2,1-2H3,(H,16,17,18). The smallest absolute Gasteiger partial charge is 0.251 e. The lowest BCUT2D eigenvalue weighted by molar-refractivity contribution is 0.627. The van der Waals surface area contributed by atoms with Crippen molar-refractivity contribution in [3.05, 3.63) is 51.7 Å². The Morgan fingerprint density at radius 2 is 2.11 bits per heavy atom. The summed E-state index contributed by atoms with van der Waals surface area (Å²) in [5.41, 5.74) is 2.10. The molecule has 94 valence electrons. The maximum absolute atomic E-state index is 13.1. The molecule has 18 heavy (non-hydrogen) atoms. The molecule has 3 nitrogen and oxygen atoms in total. The van der Waals surface area contributed by atoms with E-state index < -0.39 is 0 Å². The van der Waals surface area contributed by atoms with Gasteiger partial charge in [-0.15, -0.1) is 0 Å². The van der Waals surface area contributed by atoms with Crippen molar-refractivity contribution >= 4 is 0 Å². The number of rotatable bonds is 3. The highest BCUT2D eigenvalue weighted by atomic mass is 19.1. The van der Waals surface area contributed by atoms with Crippen molar-refractivity contribution in [3.63, 3.8) is 0 Å². The number of aryl methyl sites for hydroxylation is 2. The zero-order valence-electron chi connectivity index (χ0n) is 10.5. The lowest BCUT2D eigenvalue weighted by Gasteiger charge is -2.06. The van der Waals surface area contributed by atoms with E-state index in [0.717, 1.165) is 29.7 Å². The van der Waals surface area contributed by atoms with E-state index in [1.54, 1.807) is 13.0 Å². The molecule has 0 aliphatic carbocycles. The highest BCUT2D eigenvalue weighted by Crippen LogP contribution is 2.19. The predicted octanol–water partition coefficient (Wildman–Crippen LogP) is 2.84. The van der Waals surface area contributed by atoms with Crippen LogP contribution in [0.4, 0.5) is 4.39 Å². The lowest BCUT2D eigenvalue weighted by Crippen LogP contribution is -2.10. The van der Waals surface area contributed by atoms with Gasteiger partial charge in [0.2, 0.25) is 0 Å². The van der Waals surface area contributed by atoms with E-state index in [-0.39, 0.29) is 11.4 Å². The summed E-state index contributed by atoms with van der Waals surface area (Å²) in [5.74, 6) is 0.215. The molecule has 0 aliphatic rings. The third-order valence-electron chi connectivity index (χ3n) is 2.74. The van der Waals surface area contributed by atoms with Gasteiger partial charge in [-0.2, -0.15) is 0 Å². The maximum atomic E-state index is 13.1. The molecule has 0 unspecified atom stereocenters. The molecular formula is C14H15FN2O. The van der Waals surface area contributed by atoms with E-state index in [1.807, 2.05) is 6.92 Å². The van der Waals surface area contributed by atoms with Gasteiger partial charge in [0.15, 0.2) is 0 Å². The van der Waals surface area contributed by atoms with Crippen LogP contribution in [0, 0.1) is 12.7 Å². The Kier molecular flexibility index (Phi) is 3.55. The Bertz CT molecular complexity index is 619. The maximum Gasteiger partial charge on any atom is 0.251 e. The van der Waals surface area contributed by atoms with E-state index >= 15 is 0 Å². The summed E-state index contributed by atoms with van der Waals surface area (Å²) < 4.78 is 13.1. The predicted molar refractivity (Wildman–Crippen MR) is 69.0 cm³/mol. The number of aromatic amines is 1. The molecular weight excluding hydrogens is 231 g/mol. The van der Waals surface area contributed by atoms with E-state index in [9.17, 15) is 9.18 Å². The third kappa shape index (κ3) is 2.64. The second kappa shape index (κ2) is 5.12. The van der Waals surface area contributed by atoms with Crippen LogP contribution in [0.5, 0.6) is 0 Å². The summed E-state index contributed by atoms with van der Waals surface area (Å²) in [6.45, 7) is 3.83. The number of hydrogen-bond donors (Lipinski definition) is 1. The minimum Gasteiger partial charge on any atom is -0.307 e. The topological polar surface area (TPSA) is 45.8 Å². The molecule has 0 spiro atoms. The molecule has 4 heteroatoms. The van der Waals surface area contributed by atoms with Crippen LogP contribution < -0.4 is 5.56 Å². The van der Waals surface area contributed by atoms with Crippen LogP contribution in [-0.2, 0) is 6.42 Å². The minimum atomic E-state index is -0.289. The van der Waals surface area contributed by atoms with Crippen LogP contribution in [0.2, 0.25) is 0 Å². The second-order valence-corrected chi connectivity index (χ2v) is 4.29. The zero-order chi connectivity index (χ0) is 13.1. The van der Waals surface area contributed by atoms with Crippen LogP contribution >= 0.6 is 0 Å². The number of nitrogens with one attached hydrogen (secondary N) is 1. The molecule has 0 bridgehead atoms. The molecule has 0 saturated heterocycles. The quantitative estimate of drug-likeness (QED) is 0.905. The summed E-state index contributed by atoms with van der Waals surface area (Å²) >= 11 is 0. The van der Waals surface area contributed by atoms with Gasteiger partial charge >= 0.3 is 0 Å². The third-order valence-corrected chi connectivity index (χ3v) is 2.74. The van der Waals surface area contributed by atoms with E-state index in [4.69, 9.17) is 0 Å². The Hall–Kier alpha value is -1.97. The molecule has 0 atom stereocenters. The SMILES string of the molecule is CCCc1cc(=O)[nH]c(-c2ccc(F)cc2C)n1. The minimum absolute atomic E-state index is 0.174. The Labute approximate surface area is 105 Å². The Morgan fingerprint density at radius 3 is 2.78 bits per heavy atom. The Balaban J connectivity index is 2.53. The highest BCUT2D eigenvalue weighted by molar-refractivity contribution is 5.59. The molecule has 2 aromatic rings. The molecule has 0 radical (unpaired) electrons. The average Bonchev–Trinajstić information content (AvgIpc) is 2.28. The van der Waals surface area contributed by atoms with Crippen molar-refractivity contribution in [2.24, 2.45) is 0 Å². The van der Waals surface area contributed by atoms with Crippen molar-refractivity contribution < 1.29 is 4.39 Å². The second-order valence-electron chi connectivity index (χ2n) is 4.29. The number of aromatic nitrogens is 2. The van der Waals surface area contributed by atoms with Crippen LogP contribution in [-0.4, -0.2) is 9.97 Å². The molecule has 0 saturated carbocycles. The van der Waals surface area contributed by atoms with Gasteiger partial charge in [-0.05, 0) is 37.1 Å². The first kappa shape index (κ1) is 12.5. The lowest BCUT2D eigenvalue weighted by atomic mass is 10.1. The van der Waals surface area contributed by atoms with Gasteiger partial charge in [-0.25, -0.2) is 9.37 Å². The fourth-order valence-corrected chi connectivity index (χ4v) is 1.91. The molecule has 1 aromatic heterocycles. The molecule has 0 aliphatic heterocycles. The van der Waals surface area contributed by atoms with Crippen LogP contribution in [0.25, 0.3) is 11.4 Å². The fraction of sp³-hybridized carbons (Fsp3) is 0.286. The summed E-state index contributed by atoms with van der Waals surface area (Å²) in [5, 5.41) is 0. The van der Waals surface area contributed by atoms with Crippen molar-refractivity contribution in [1.82, 2.24) is 9.97 Å². The zero-order valence-corrected chi connectivity index (χ0v) is 10.5. The van der Waals surface area contributed by atoms with Crippen LogP contribution in [0.3, 0.4) is 0 Å². The normalized spacial score (nSPS) is 10.6. The van der Waals surface area contributed by atoms with Gasteiger partial charge in [0, 0.05) is 17.3 Å². The van der Waals surface area contributed by atoms with Crippen LogP contribution in [0.15, 0.2) is 29.1 Å². The van der Waals surface area contributed by atoms with Gasteiger partial charge in [0.05, 0.1) is 0 Å². The number of benzene rings is 1. The van der Waals surface area contributed by atoms with E-state index in [0.29, 0.717) is 5.82 Å². The summed E-state index contributed by atoms with van der Waals surface area (Å²) in [4.78, 5) is 18.7. The molecule has 2 rings (SSSR count). The summed E-state index contributed by atoms with van der Waals surface area (Å²) in [6.07, 6.45) is 1.69. The van der Waals surface area contributed by atoms with Gasteiger partial charge in [-0.1, -0.05) is 13.3 Å². The average molecular weight is 246 g/mol. The van der Waals surface area contributed by atoms with Gasteiger partial charge in [-0.3, -0.25) is 4.79 Å². The number of H-pyrrole nitrogens is 1. The van der Waals surface area contributed by atoms with Gasteiger partial charge < -0.3 is 4.98 Å². The first-order valence-electron chi connectivity index (χ1n) is 5.97. The number of hydrogen-bond acceptors (Lipinski definition) is 2. The molecule has 1 heterocycles. The Morgan fingerprint density at radius 1 is 1.33 bits per heavy atom. The fourth-order valence-electron chi connectivity index (χ4n) is 1.91. The highest BCUT2D eigenvalue weighted by Gasteiger charge is 2.07. The summed E-state index contributed by atoms with van der Waals surface area (Å²) in [7, 11) is 0. The van der Waals surface area contributed by atoms with Crippen LogP contribution in [0.1, 0.15) is 24.6 Å². The molecule has 1 N–H and O–H groups in total. The number of nitrogens with zero attached hydrogens (tertiary/aromatic N) is 1. The molecule has 1 aromatic carbocycles. The monoisotopic (exact) mass is 246 g/mol. The largest absolute Gasteiger partial charge is 0.307 e. The van der Waals surface area contributed by atoms with Crippen molar-refractivity contribution in [3.8, 4) is 11.4 Å².